The Morgan fingerprint density at radius 2 is 2.00 bits per heavy atom. The van der Waals surface area contributed by atoms with Gasteiger partial charge < -0.3 is 5.11 Å². The molecule has 2 fully saturated rings. The first kappa shape index (κ1) is 15.6. The molecule has 4 rings (SSSR count). The summed E-state index contributed by atoms with van der Waals surface area (Å²) in [5, 5.41) is 11.2. The van der Waals surface area contributed by atoms with E-state index in [1.165, 1.54) is 12.0 Å². The molecule has 0 aromatic heterocycles. The molecule has 0 aliphatic heterocycles. The first-order valence-electron chi connectivity index (χ1n) is 9.51. The number of ketones is 1. The van der Waals surface area contributed by atoms with Gasteiger partial charge in [0.25, 0.3) is 0 Å². The van der Waals surface area contributed by atoms with Crippen molar-refractivity contribution in [1.29, 1.82) is 0 Å². The second kappa shape index (κ2) is 4.81. The molecule has 4 aliphatic carbocycles. The lowest BCUT2D eigenvalue weighted by atomic mass is 9.50. The summed E-state index contributed by atoms with van der Waals surface area (Å²) in [6.45, 7) is 6.84. The van der Waals surface area contributed by atoms with E-state index in [1.807, 2.05) is 6.08 Å². The van der Waals surface area contributed by atoms with E-state index >= 15 is 0 Å². The Morgan fingerprint density at radius 1 is 1.22 bits per heavy atom. The highest BCUT2D eigenvalue weighted by atomic mass is 16.3. The number of hydrogen-bond acceptors (Lipinski definition) is 2. The van der Waals surface area contributed by atoms with Crippen LogP contribution in [0.5, 0.6) is 0 Å². The van der Waals surface area contributed by atoms with E-state index in [0.717, 1.165) is 38.5 Å². The molecule has 0 radical (unpaired) electrons. The Kier molecular flexibility index (Phi) is 3.27. The Bertz CT molecular complexity index is 615. The molecule has 5 atom stereocenters. The van der Waals surface area contributed by atoms with E-state index in [9.17, 15) is 9.90 Å². The minimum atomic E-state index is -0.487. The lowest BCUT2D eigenvalue weighted by Crippen LogP contribution is -2.50. The van der Waals surface area contributed by atoms with Crippen LogP contribution in [0.2, 0.25) is 0 Å². The fraction of sp³-hybridized carbons (Fsp3) is 0.762. The summed E-state index contributed by atoms with van der Waals surface area (Å²) in [6.07, 6.45) is 12.3. The fourth-order valence-corrected chi connectivity index (χ4v) is 6.54. The van der Waals surface area contributed by atoms with Crippen LogP contribution in [0.25, 0.3) is 0 Å². The van der Waals surface area contributed by atoms with Gasteiger partial charge in [0.05, 0.1) is 5.60 Å². The number of fused-ring (bicyclic) bond motifs is 5. The van der Waals surface area contributed by atoms with Gasteiger partial charge in [0.15, 0.2) is 5.78 Å². The van der Waals surface area contributed by atoms with Crippen molar-refractivity contribution < 1.29 is 9.90 Å². The van der Waals surface area contributed by atoms with Crippen molar-refractivity contribution in [2.75, 3.05) is 0 Å². The van der Waals surface area contributed by atoms with Gasteiger partial charge in [-0.1, -0.05) is 38.0 Å². The number of hydrogen-bond donors (Lipinski definition) is 1. The zero-order valence-corrected chi connectivity index (χ0v) is 14.8. The van der Waals surface area contributed by atoms with E-state index in [0.29, 0.717) is 24.0 Å². The topological polar surface area (TPSA) is 37.3 Å². The van der Waals surface area contributed by atoms with Crippen LogP contribution in [-0.4, -0.2) is 16.5 Å². The SMILES string of the molecule is CC[C@]1(O)CC[C@H]2[C@@H]3CCC4=CC(=O)CC[C@]4(C)C3=CC[C@@]21C. The van der Waals surface area contributed by atoms with Gasteiger partial charge >= 0.3 is 0 Å². The van der Waals surface area contributed by atoms with Crippen LogP contribution in [0.15, 0.2) is 23.3 Å². The maximum Gasteiger partial charge on any atom is 0.155 e. The molecule has 0 spiro atoms. The minimum Gasteiger partial charge on any atom is -0.389 e. The van der Waals surface area contributed by atoms with Gasteiger partial charge in [0, 0.05) is 17.3 Å². The van der Waals surface area contributed by atoms with Gasteiger partial charge in [0.1, 0.15) is 0 Å². The molecule has 4 aliphatic rings. The molecule has 0 saturated heterocycles. The molecule has 126 valence electrons. The quantitative estimate of drug-likeness (QED) is 0.719. The summed E-state index contributed by atoms with van der Waals surface area (Å²) < 4.78 is 0. The largest absolute Gasteiger partial charge is 0.389 e. The van der Waals surface area contributed by atoms with Gasteiger partial charge in [-0.2, -0.15) is 0 Å². The number of rotatable bonds is 1. The van der Waals surface area contributed by atoms with Crippen LogP contribution < -0.4 is 0 Å². The first-order valence-corrected chi connectivity index (χ1v) is 9.51. The summed E-state index contributed by atoms with van der Waals surface area (Å²) in [5.74, 6) is 1.55. The average molecular weight is 314 g/mol. The van der Waals surface area contributed by atoms with Crippen molar-refractivity contribution in [1.82, 2.24) is 0 Å². The molecular formula is C21H30O2. The first-order chi connectivity index (χ1) is 10.8. The molecule has 2 heteroatoms. The van der Waals surface area contributed by atoms with Crippen molar-refractivity contribution in [3.63, 3.8) is 0 Å². The lowest BCUT2D eigenvalue weighted by Gasteiger charge is -2.54. The molecule has 1 N–H and O–H groups in total. The molecular weight excluding hydrogens is 284 g/mol. The van der Waals surface area contributed by atoms with Crippen LogP contribution >= 0.6 is 0 Å². The van der Waals surface area contributed by atoms with Crippen LogP contribution in [0, 0.1) is 22.7 Å². The van der Waals surface area contributed by atoms with Crippen LogP contribution in [-0.2, 0) is 4.79 Å². The molecule has 0 amide bonds. The second-order valence-corrected chi connectivity index (χ2v) is 8.92. The summed E-state index contributed by atoms with van der Waals surface area (Å²) in [7, 11) is 0. The second-order valence-electron chi connectivity index (χ2n) is 8.92. The van der Waals surface area contributed by atoms with Gasteiger partial charge in [0.2, 0.25) is 0 Å². The van der Waals surface area contributed by atoms with Crippen molar-refractivity contribution in [2.45, 2.75) is 77.7 Å². The lowest BCUT2D eigenvalue weighted by molar-refractivity contribution is -0.115. The maximum absolute atomic E-state index is 11.8. The van der Waals surface area contributed by atoms with Gasteiger partial charge in [-0.25, -0.2) is 0 Å². The summed E-state index contributed by atoms with van der Waals surface area (Å²) in [4.78, 5) is 11.8. The fourth-order valence-electron chi connectivity index (χ4n) is 6.54. The normalized spacial score (nSPS) is 49.0. The van der Waals surface area contributed by atoms with E-state index in [-0.39, 0.29) is 10.8 Å². The third-order valence-corrected chi connectivity index (χ3v) is 8.24. The molecule has 0 aromatic carbocycles. The maximum atomic E-state index is 11.8. The monoisotopic (exact) mass is 314 g/mol. The minimum absolute atomic E-state index is 0.0397. The Labute approximate surface area is 140 Å². The summed E-state index contributed by atoms with van der Waals surface area (Å²) in [5.41, 5.74) is 2.65. The van der Waals surface area contributed by atoms with Crippen LogP contribution in [0.3, 0.4) is 0 Å². The summed E-state index contributed by atoms with van der Waals surface area (Å²) >= 11 is 0. The molecule has 2 nitrogen and oxygen atoms in total. The third-order valence-electron chi connectivity index (χ3n) is 8.24. The highest BCUT2D eigenvalue weighted by Crippen LogP contribution is 2.65. The van der Waals surface area contributed by atoms with E-state index < -0.39 is 5.60 Å². The zero-order chi connectivity index (χ0) is 16.5. The Hall–Kier alpha value is -0.890. The third kappa shape index (κ3) is 1.88. The molecule has 0 bridgehead atoms. The Balaban J connectivity index is 1.76. The van der Waals surface area contributed by atoms with E-state index in [4.69, 9.17) is 0 Å². The van der Waals surface area contributed by atoms with Crippen molar-refractivity contribution in [2.24, 2.45) is 22.7 Å². The predicted octanol–water partition coefficient (Wildman–Crippen LogP) is 4.58. The van der Waals surface area contributed by atoms with Crippen molar-refractivity contribution in [3.05, 3.63) is 23.3 Å². The van der Waals surface area contributed by atoms with Gasteiger partial charge in [-0.05, 0) is 62.9 Å². The molecule has 0 aromatic rings. The standard InChI is InChI=1S/C21H30O2/c1-4-21(23)12-9-18-16-6-5-14-13-15(22)7-10-19(14,2)17(16)8-11-20(18,21)3/h8,13,16,18,23H,4-7,9-12H2,1-3H3/t16-,18+,19+,20+,21+/m1/s1. The predicted molar refractivity (Wildman–Crippen MR) is 91.9 cm³/mol. The highest BCUT2D eigenvalue weighted by molar-refractivity contribution is 5.92. The molecule has 23 heavy (non-hydrogen) atoms. The van der Waals surface area contributed by atoms with Gasteiger partial charge in [-0.3, -0.25) is 4.79 Å². The number of carbonyl (C=O) groups excluding carboxylic acids is 1. The van der Waals surface area contributed by atoms with Crippen LogP contribution in [0.4, 0.5) is 0 Å². The zero-order valence-electron chi connectivity index (χ0n) is 14.8. The number of carbonyl (C=O) groups is 1. The summed E-state index contributed by atoms with van der Waals surface area (Å²) in [6, 6.07) is 0. The van der Waals surface area contributed by atoms with Crippen LogP contribution in [0.1, 0.15) is 72.1 Å². The Morgan fingerprint density at radius 3 is 2.74 bits per heavy atom. The number of allylic oxidation sites excluding steroid dienone is 4. The van der Waals surface area contributed by atoms with E-state index in [2.05, 4.69) is 26.8 Å². The molecule has 0 heterocycles. The molecule has 2 saturated carbocycles. The van der Waals surface area contributed by atoms with Crippen molar-refractivity contribution in [3.8, 4) is 0 Å². The average Bonchev–Trinajstić information content (AvgIpc) is 2.80. The number of aliphatic hydroxyl groups is 1. The molecule has 0 unspecified atom stereocenters. The van der Waals surface area contributed by atoms with E-state index in [1.54, 1.807) is 5.57 Å². The highest BCUT2D eigenvalue weighted by Gasteiger charge is 2.60. The van der Waals surface area contributed by atoms with Crippen molar-refractivity contribution >= 4 is 5.78 Å². The smallest absolute Gasteiger partial charge is 0.155 e. The van der Waals surface area contributed by atoms with Gasteiger partial charge in [-0.15, -0.1) is 0 Å².